The number of halogens is 1. The summed E-state index contributed by atoms with van der Waals surface area (Å²) in [7, 11) is 0. The lowest BCUT2D eigenvalue weighted by molar-refractivity contribution is -0.134. The number of aromatic nitrogens is 1. The van der Waals surface area contributed by atoms with Gasteiger partial charge >= 0.3 is 0 Å². The molecule has 1 N–H and O–H groups in total. The third-order valence-electron chi connectivity index (χ3n) is 2.54. The number of anilines is 1. The molecule has 2 heterocycles. The largest absolute Gasteiger partial charge is 0.341 e. The zero-order valence-electron chi connectivity index (χ0n) is 9.53. The fourth-order valence-electron chi connectivity index (χ4n) is 1.75. The van der Waals surface area contributed by atoms with Gasteiger partial charge in [-0.25, -0.2) is 0 Å². The fourth-order valence-corrected chi connectivity index (χ4v) is 2.10. The van der Waals surface area contributed by atoms with E-state index < -0.39 is 5.54 Å². The topological polar surface area (TPSA) is 62.3 Å². The Balaban J connectivity index is 2.38. The van der Waals surface area contributed by atoms with Crippen LogP contribution in [0.15, 0.2) is 22.9 Å². The maximum absolute atomic E-state index is 12.2. The number of carbonyl (C=O) groups is 2. The van der Waals surface area contributed by atoms with Crippen molar-refractivity contribution < 1.29 is 9.59 Å². The highest BCUT2D eigenvalue weighted by atomic mass is 79.9. The quantitative estimate of drug-likeness (QED) is 0.844. The van der Waals surface area contributed by atoms with Crippen LogP contribution in [0.3, 0.4) is 0 Å². The Morgan fingerprint density at radius 3 is 2.76 bits per heavy atom. The minimum absolute atomic E-state index is 0.0282. The second-order valence-corrected chi connectivity index (χ2v) is 5.34. The van der Waals surface area contributed by atoms with Gasteiger partial charge in [0.15, 0.2) is 0 Å². The minimum atomic E-state index is -0.877. The number of nitrogens with zero attached hydrogens (tertiary/aromatic N) is 2. The van der Waals surface area contributed by atoms with Gasteiger partial charge in [-0.15, -0.1) is 0 Å². The van der Waals surface area contributed by atoms with Crippen LogP contribution in [0, 0.1) is 0 Å². The van der Waals surface area contributed by atoms with Crippen LogP contribution >= 0.6 is 15.9 Å². The van der Waals surface area contributed by atoms with Gasteiger partial charge in [-0.1, -0.05) is 0 Å². The third kappa shape index (κ3) is 2.31. The van der Waals surface area contributed by atoms with E-state index in [0.717, 1.165) is 4.47 Å². The smallest absolute Gasteiger partial charge is 0.252 e. The summed E-state index contributed by atoms with van der Waals surface area (Å²) in [5.41, 5.74) is -0.259. The molecule has 1 fully saturated rings. The first-order valence-electron chi connectivity index (χ1n) is 5.14. The van der Waals surface area contributed by atoms with Gasteiger partial charge in [-0.05, 0) is 35.8 Å². The van der Waals surface area contributed by atoms with Gasteiger partial charge in [0.2, 0.25) is 5.91 Å². The number of pyridine rings is 1. The van der Waals surface area contributed by atoms with Gasteiger partial charge in [0.1, 0.15) is 12.1 Å². The second-order valence-electron chi connectivity index (χ2n) is 4.43. The fraction of sp³-hybridized carbons (Fsp3) is 0.364. The van der Waals surface area contributed by atoms with E-state index in [9.17, 15) is 9.59 Å². The molecule has 0 spiro atoms. The Morgan fingerprint density at radius 2 is 2.12 bits per heavy atom. The molecule has 90 valence electrons. The molecule has 2 rings (SSSR count). The first-order chi connectivity index (χ1) is 7.90. The number of hydrogen-bond acceptors (Lipinski definition) is 3. The highest BCUT2D eigenvalue weighted by Crippen LogP contribution is 2.23. The SMILES string of the molecule is CC1(C)NC(=O)CN(c2cncc(Br)c2)C1=O. The van der Waals surface area contributed by atoms with Crippen LogP contribution < -0.4 is 10.2 Å². The van der Waals surface area contributed by atoms with Crippen molar-refractivity contribution in [1.29, 1.82) is 0 Å². The summed E-state index contributed by atoms with van der Waals surface area (Å²) in [6.45, 7) is 3.40. The van der Waals surface area contributed by atoms with Crippen LogP contribution in [0.25, 0.3) is 0 Å². The van der Waals surface area contributed by atoms with Crippen LogP contribution in [0.1, 0.15) is 13.8 Å². The van der Waals surface area contributed by atoms with Gasteiger partial charge < -0.3 is 5.32 Å². The van der Waals surface area contributed by atoms with E-state index in [2.05, 4.69) is 26.2 Å². The molecule has 0 aliphatic carbocycles. The van der Waals surface area contributed by atoms with E-state index in [1.165, 1.54) is 4.90 Å². The third-order valence-corrected chi connectivity index (χ3v) is 2.97. The van der Waals surface area contributed by atoms with Gasteiger partial charge in [-0.3, -0.25) is 19.5 Å². The first kappa shape index (κ1) is 12.0. The molecule has 6 heteroatoms. The molecule has 1 aromatic heterocycles. The molecule has 0 aromatic carbocycles. The monoisotopic (exact) mass is 297 g/mol. The molecular weight excluding hydrogens is 286 g/mol. The molecule has 0 bridgehead atoms. The second kappa shape index (κ2) is 4.10. The molecule has 0 radical (unpaired) electrons. The number of rotatable bonds is 1. The summed E-state index contributed by atoms with van der Waals surface area (Å²) >= 11 is 3.29. The normalized spacial score (nSPS) is 19.1. The predicted molar refractivity (Wildman–Crippen MR) is 66.5 cm³/mol. The molecule has 0 unspecified atom stereocenters. The molecule has 1 saturated heterocycles. The Hall–Kier alpha value is -1.43. The van der Waals surface area contributed by atoms with Gasteiger partial charge in [0.05, 0.1) is 11.9 Å². The highest BCUT2D eigenvalue weighted by Gasteiger charge is 2.39. The Morgan fingerprint density at radius 1 is 1.41 bits per heavy atom. The van der Waals surface area contributed by atoms with Crippen molar-refractivity contribution in [3.05, 3.63) is 22.9 Å². The highest BCUT2D eigenvalue weighted by molar-refractivity contribution is 9.10. The molecule has 17 heavy (non-hydrogen) atoms. The Bertz CT molecular complexity index is 487. The van der Waals surface area contributed by atoms with Gasteiger partial charge in [-0.2, -0.15) is 0 Å². The molecule has 1 aliphatic rings. The zero-order valence-corrected chi connectivity index (χ0v) is 11.1. The zero-order chi connectivity index (χ0) is 12.6. The molecule has 0 saturated carbocycles. The van der Waals surface area contributed by atoms with E-state index in [4.69, 9.17) is 0 Å². The summed E-state index contributed by atoms with van der Waals surface area (Å²) in [6.07, 6.45) is 3.19. The summed E-state index contributed by atoms with van der Waals surface area (Å²) in [4.78, 5) is 29.2. The lowest BCUT2D eigenvalue weighted by Crippen LogP contribution is -2.64. The number of carbonyl (C=O) groups excluding carboxylic acids is 2. The van der Waals surface area contributed by atoms with E-state index in [1.807, 2.05) is 0 Å². The average Bonchev–Trinajstić information content (AvgIpc) is 2.22. The lowest BCUT2D eigenvalue weighted by Gasteiger charge is -2.37. The first-order valence-corrected chi connectivity index (χ1v) is 5.93. The van der Waals surface area contributed by atoms with Gasteiger partial charge in [0.25, 0.3) is 5.91 Å². The van der Waals surface area contributed by atoms with Gasteiger partial charge in [0, 0.05) is 10.7 Å². The lowest BCUT2D eigenvalue weighted by atomic mass is 10.0. The van der Waals surface area contributed by atoms with Crippen molar-refractivity contribution in [2.45, 2.75) is 19.4 Å². The van der Waals surface area contributed by atoms with Crippen LogP contribution in [-0.4, -0.2) is 28.9 Å². The summed E-state index contributed by atoms with van der Waals surface area (Å²) in [6, 6.07) is 1.76. The van der Waals surface area contributed by atoms with E-state index >= 15 is 0 Å². The number of amides is 2. The number of nitrogens with one attached hydrogen (secondary N) is 1. The van der Waals surface area contributed by atoms with E-state index in [0.29, 0.717) is 5.69 Å². The van der Waals surface area contributed by atoms with Crippen LogP contribution in [0.5, 0.6) is 0 Å². The Labute approximate surface area is 107 Å². The van der Waals surface area contributed by atoms with Crippen LogP contribution in [0.2, 0.25) is 0 Å². The number of hydrogen-bond donors (Lipinski definition) is 1. The van der Waals surface area contributed by atoms with Crippen molar-refractivity contribution in [3.8, 4) is 0 Å². The van der Waals surface area contributed by atoms with Crippen molar-refractivity contribution >= 4 is 33.4 Å². The molecule has 1 aromatic rings. The number of piperazine rings is 1. The summed E-state index contributed by atoms with van der Waals surface area (Å²) in [5, 5.41) is 2.66. The molecule has 5 nitrogen and oxygen atoms in total. The maximum atomic E-state index is 12.2. The predicted octanol–water partition coefficient (Wildman–Crippen LogP) is 1.09. The minimum Gasteiger partial charge on any atom is -0.341 e. The molecule has 1 aliphatic heterocycles. The van der Waals surface area contributed by atoms with E-state index in [-0.39, 0.29) is 18.4 Å². The van der Waals surface area contributed by atoms with Crippen molar-refractivity contribution in [3.63, 3.8) is 0 Å². The molecular formula is C11H12BrN3O2. The van der Waals surface area contributed by atoms with Crippen LogP contribution in [0.4, 0.5) is 5.69 Å². The van der Waals surface area contributed by atoms with E-state index in [1.54, 1.807) is 32.3 Å². The standard InChI is InChI=1S/C11H12BrN3O2/c1-11(2)10(17)15(6-9(16)14-11)8-3-7(12)4-13-5-8/h3-5H,6H2,1-2H3,(H,14,16). The van der Waals surface area contributed by atoms with Crippen LogP contribution in [-0.2, 0) is 9.59 Å². The average molecular weight is 298 g/mol. The Kier molecular flexibility index (Phi) is 2.91. The maximum Gasteiger partial charge on any atom is 0.252 e. The molecule has 0 atom stereocenters. The summed E-state index contributed by atoms with van der Waals surface area (Å²) in [5.74, 6) is -0.313. The summed E-state index contributed by atoms with van der Waals surface area (Å²) < 4.78 is 0.770. The van der Waals surface area contributed by atoms with Crippen molar-refractivity contribution in [1.82, 2.24) is 10.3 Å². The van der Waals surface area contributed by atoms with Crippen molar-refractivity contribution in [2.24, 2.45) is 0 Å². The van der Waals surface area contributed by atoms with Crippen molar-refractivity contribution in [2.75, 3.05) is 11.4 Å². The molecule has 2 amide bonds.